The molecule has 0 unspecified atom stereocenters. The number of ether oxygens (including phenoxy) is 2. The van der Waals surface area contributed by atoms with Gasteiger partial charge in [0.05, 0.1) is 29.5 Å². The second kappa shape index (κ2) is 11.0. The average Bonchev–Trinajstić information content (AvgIpc) is 2.78. The number of nitrogens with zero attached hydrogens (tertiary/aromatic N) is 2. The third kappa shape index (κ3) is 6.21. The van der Waals surface area contributed by atoms with Gasteiger partial charge in [0, 0.05) is 11.1 Å². The minimum atomic E-state index is -0.307. The van der Waals surface area contributed by atoms with Gasteiger partial charge in [0.2, 0.25) is 0 Å². The van der Waals surface area contributed by atoms with Gasteiger partial charge in [0.25, 0.3) is 0 Å². The number of halogens is 2. The Kier molecular flexibility index (Phi) is 7.85. The summed E-state index contributed by atoms with van der Waals surface area (Å²) in [6, 6.07) is 18.7. The van der Waals surface area contributed by atoms with Gasteiger partial charge in [-0.1, -0.05) is 47.1 Å². The zero-order valence-corrected chi connectivity index (χ0v) is 17.6. The van der Waals surface area contributed by atoms with Gasteiger partial charge in [0.15, 0.2) is 11.5 Å². The summed E-state index contributed by atoms with van der Waals surface area (Å²) < 4.78 is 24.6. The van der Waals surface area contributed by atoms with E-state index in [4.69, 9.17) is 31.2 Å². The maximum atomic E-state index is 13.1. The predicted octanol–water partition coefficient (Wildman–Crippen LogP) is 5.88. The summed E-state index contributed by atoms with van der Waals surface area (Å²) in [5.41, 5.74) is 2.76. The molecule has 0 bridgehead atoms. The van der Waals surface area contributed by atoms with Crippen LogP contribution in [0, 0.1) is 17.1 Å². The van der Waals surface area contributed by atoms with Crippen LogP contribution in [0.5, 0.6) is 11.5 Å². The molecule has 0 fully saturated rings. The topological polar surface area (TPSA) is 63.8 Å². The molecule has 3 rings (SSSR count). The van der Waals surface area contributed by atoms with E-state index in [-0.39, 0.29) is 19.0 Å². The Labute approximate surface area is 185 Å². The Balaban J connectivity index is 1.69. The molecule has 31 heavy (non-hydrogen) atoms. The highest BCUT2D eigenvalue weighted by Gasteiger charge is 2.13. The van der Waals surface area contributed by atoms with Crippen molar-refractivity contribution in [1.29, 1.82) is 5.26 Å². The number of benzene rings is 3. The standard InChI is InChI=1S/C24H20ClFN2O3/c1-2-29-23-12-18(14-28-31-16-20-6-4-3-5-19(20)13-27)11-22(25)24(23)30-15-17-7-9-21(26)10-8-17/h3-12,14H,2,15-16H2,1H3/b28-14-. The quantitative estimate of drug-likeness (QED) is 0.309. The lowest BCUT2D eigenvalue weighted by atomic mass is 10.1. The summed E-state index contributed by atoms with van der Waals surface area (Å²) >= 11 is 6.41. The molecule has 0 radical (unpaired) electrons. The van der Waals surface area contributed by atoms with Gasteiger partial charge in [0.1, 0.15) is 19.0 Å². The molecular weight excluding hydrogens is 419 g/mol. The van der Waals surface area contributed by atoms with E-state index in [1.54, 1.807) is 36.4 Å². The largest absolute Gasteiger partial charge is 0.490 e. The number of oxime groups is 1. The highest BCUT2D eigenvalue weighted by Crippen LogP contribution is 2.37. The molecule has 0 amide bonds. The van der Waals surface area contributed by atoms with Crippen LogP contribution < -0.4 is 9.47 Å². The Bertz CT molecular complexity index is 1090. The van der Waals surface area contributed by atoms with Crippen molar-refractivity contribution in [3.05, 3.63) is 93.8 Å². The van der Waals surface area contributed by atoms with Crippen LogP contribution in [0.15, 0.2) is 65.8 Å². The summed E-state index contributed by atoms with van der Waals surface area (Å²) in [7, 11) is 0. The number of hydrogen-bond donors (Lipinski definition) is 0. The molecule has 0 N–H and O–H groups in total. The van der Waals surface area contributed by atoms with Crippen molar-refractivity contribution in [3.8, 4) is 17.6 Å². The fourth-order valence-electron chi connectivity index (χ4n) is 2.76. The van der Waals surface area contributed by atoms with Crippen LogP contribution in [-0.4, -0.2) is 12.8 Å². The minimum absolute atomic E-state index is 0.172. The molecule has 5 nitrogen and oxygen atoms in total. The predicted molar refractivity (Wildman–Crippen MR) is 117 cm³/mol. The third-order valence-electron chi connectivity index (χ3n) is 4.26. The first-order chi connectivity index (χ1) is 15.1. The lowest BCUT2D eigenvalue weighted by Gasteiger charge is -2.14. The number of nitriles is 1. The fraction of sp³-hybridized carbons (Fsp3) is 0.167. The van der Waals surface area contributed by atoms with Crippen LogP contribution in [0.4, 0.5) is 4.39 Å². The van der Waals surface area contributed by atoms with Gasteiger partial charge in [-0.15, -0.1) is 0 Å². The average molecular weight is 439 g/mol. The molecule has 3 aromatic rings. The Morgan fingerprint density at radius 1 is 1.06 bits per heavy atom. The summed E-state index contributed by atoms with van der Waals surface area (Å²) in [4.78, 5) is 5.32. The second-order valence-corrected chi connectivity index (χ2v) is 6.86. The molecule has 0 atom stereocenters. The first-order valence-electron chi connectivity index (χ1n) is 9.57. The summed E-state index contributed by atoms with van der Waals surface area (Å²) in [5.74, 6) is 0.556. The minimum Gasteiger partial charge on any atom is -0.490 e. The van der Waals surface area contributed by atoms with Crippen LogP contribution in [0.1, 0.15) is 29.2 Å². The van der Waals surface area contributed by atoms with Crippen LogP contribution in [0.25, 0.3) is 0 Å². The zero-order valence-electron chi connectivity index (χ0n) is 16.8. The monoisotopic (exact) mass is 438 g/mol. The highest BCUT2D eigenvalue weighted by atomic mass is 35.5. The normalized spacial score (nSPS) is 10.6. The van der Waals surface area contributed by atoms with Crippen LogP contribution >= 0.6 is 11.6 Å². The van der Waals surface area contributed by atoms with Gasteiger partial charge in [-0.2, -0.15) is 5.26 Å². The van der Waals surface area contributed by atoms with E-state index in [0.717, 1.165) is 11.1 Å². The maximum Gasteiger partial charge on any atom is 0.180 e. The first kappa shape index (κ1) is 22.1. The third-order valence-corrected chi connectivity index (χ3v) is 4.54. The van der Waals surface area contributed by atoms with Gasteiger partial charge < -0.3 is 14.3 Å². The van der Waals surface area contributed by atoms with Gasteiger partial charge in [-0.05, 0) is 42.8 Å². The van der Waals surface area contributed by atoms with E-state index in [2.05, 4.69) is 11.2 Å². The molecule has 0 aromatic heterocycles. The Morgan fingerprint density at radius 3 is 2.58 bits per heavy atom. The van der Waals surface area contributed by atoms with Gasteiger partial charge in [-0.25, -0.2) is 4.39 Å². The maximum absolute atomic E-state index is 13.1. The molecule has 158 valence electrons. The Hall–Kier alpha value is -3.56. The molecule has 7 heteroatoms. The molecule has 0 spiro atoms. The molecule has 0 saturated carbocycles. The van der Waals surface area contributed by atoms with E-state index in [1.165, 1.54) is 18.3 Å². The van der Waals surface area contributed by atoms with Crippen molar-refractivity contribution in [2.45, 2.75) is 20.1 Å². The van der Waals surface area contributed by atoms with E-state index in [1.807, 2.05) is 19.1 Å². The van der Waals surface area contributed by atoms with Crippen LogP contribution in [0.2, 0.25) is 5.02 Å². The van der Waals surface area contributed by atoms with Crippen molar-refractivity contribution in [3.63, 3.8) is 0 Å². The van der Waals surface area contributed by atoms with E-state index in [9.17, 15) is 4.39 Å². The Morgan fingerprint density at radius 2 is 1.84 bits per heavy atom. The van der Waals surface area contributed by atoms with Crippen LogP contribution in [0.3, 0.4) is 0 Å². The van der Waals surface area contributed by atoms with Crippen molar-refractivity contribution < 1.29 is 18.7 Å². The molecule has 0 aliphatic heterocycles. The SMILES string of the molecule is CCOc1cc(/C=N\OCc2ccccc2C#N)cc(Cl)c1OCc1ccc(F)cc1. The molecule has 0 aliphatic carbocycles. The smallest absolute Gasteiger partial charge is 0.180 e. The molecule has 3 aromatic carbocycles. The van der Waals surface area contributed by atoms with E-state index in [0.29, 0.717) is 34.3 Å². The van der Waals surface area contributed by atoms with Crippen molar-refractivity contribution in [2.75, 3.05) is 6.61 Å². The van der Waals surface area contributed by atoms with Crippen molar-refractivity contribution >= 4 is 17.8 Å². The lowest BCUT2D eigenvalue weighted by Crippen LogP contribution is -2.01. The molecule has 0 aliphatic rings. The first-order valence-corrected chi connectivity index (χ1v) is 9.95. The molecule has 0 saturated heterocycles. The summed E-state index contributed by atoms with van der Waals surface area (Å²) in [5, 5.41) is 13.4. The molecular formula is C24H20ClFN2O3. The van der Waals surface area contributed by atoms with Crippen LogP contribution in [-0.2, 0) is 18.1 Å². The zero-order chi connectivity index (χ0) is 22.1. The lowest BCUT2D eigenvalue weighted by molar-refractivity contribution is 0.132. The second-order valence-electron chi connectivity index (χ2n) is 6.46. The summed E-state index contributed by atoms with van der Waals surface area (Å²) in [6.07, 6.45) is 1.51. The number of rotatable bonds is 9. The van der Waals surface area contributed by atoms with E-state index >= 15 is 0 Å². The fourth-order valence-corrected chi connectivity index (χ4v) is 3.04. The van der Waals surface area contributed by atoms with Crippen molar-refractivity contribution in [2.24, 2.45) is 5.16 Å². The van der Waals surface area contributed by atoms with Gasteiger partial charge in [-0.3, -0.25) is 0 Å². The van der Waals surface area contributed by atoms with Gasteiger partial charge >= 0.3 is 0 Å². The number of hydrogen-bond acceptors (Lipinski definition) is 5. The molecule has 0 heterocycles. The van der Waals surface area contributed by atoms with E-state index < -0.39 is 0 Å². The highest BCUT2D eigenvalue weighted by molar-refractivity contribution is 6.32. The van der Waals surface area contributed by atoms with Crippen molar-refractivity contribution in [1.82, 2.24) is 0 Å². The summed E-state index contributed by atoms with van der Waals surface area (Å²) in [6.45, 7) is 2.67.